The van der Waals surface area contributed by atoms with Crippen LogP contribution < -0.4 is 15.8 Å². The second-order valence-electron chi connectivity index (χ2n) is 4.42. The normalized spacial score (nSPS) is 11.5. The second-order valence-corrected chi connectivity index (χ2v) is 6.31. The predicted octanol–water partition coefficient (Wildman–Crippen LogP) is 0.340. The average Bonchev–Trinajstić information content (AvgIpc) is 2.98. The van der Waals surface area contributed by atoms with Crippen molar-refractivity contribution in [2.45, 2.75) is 17.7 Å². The third-order valence-electron chi connectivity index (χ3n) is 2.97. The average molecular weight is 310 g/mol. The Morgan fingerprint density at radius 2 is 2.19 bits per heavy atom. The molecule has 0 saturated heterocycles. The molecule has 1 aromatic heterocycles. The summed E-state index contributed by atoms with van der Waals surface area (Å²) in [5.74, 6) is 0.834. The molecule has 0 bridgehead atoms. The molecule has 21 heavy (non-hydrogen) atoms. The molecule has 9 heteroatoms. The van der Waals surface area contributed by atoms with Crippen LogP contribution in [0, 0.1) is 0 Å². The number of rotatable bonds is 7. The molecule has 0 spiro atoms. The minimum Gasteiger partial charge on any atom is -0.397 e. The van der Waals surface area contributed by atoms with E-state index in [1.807, 2.05) is 0 Å². The number of nitrogens with two attached hydrogens (primary N) is 1. The lowest BCUT2D eigenvalue weighted by Gasteiger charge is -2.10. The van der Waals surface area contributed by atoms with Gasteiger partial charge in [0.2, 0.25) is 10.0 Å². The van der Waals surface area contributed by atoms with Gasteiger partial charge < -0.3 is 11.1 Å². The summed E-state index contributed by atoms with van der Waals surface area (Å²) in [6, 6.07) is 4.61. The minimum absolute atomic E-state index is 0.148. The van der Waals surface area contributed by atoms with E-state index in [4.69, 9.17) is 5.73 Å². The molecule has 0 saturated carbocycles. The van der Waals surface area contributed by atoms with Gasteiger partial charge in [0, 0.05) is 13.0 Å². The Morgan fingerprint density at radius 3 is 2.81 bits per heavy atom. The molecule has 0 radical (unpaired) electrons. The van der Waals surface area contributed by atoms with Crippen LogP contribution >= 0.6 is 0 Å². The molecule has 0 aliphatic carbocycles. The van der Waals surface area contributed by atoms with E-state index in [-0.39, 0.29) is 4.90 Å². The summed E-state index contributed by atoms with van der Waals surface area (Å²) in [5, 5.41) is 9.73. The van der Waals surface area contributed by atoms with Crippen molar-refractivity contribution in [2.24, 2.45) is 0 Å². The Morgan fingerprint density at radius 1 is 1.38 bits per heavy atom. The fourth-order valence-corrected chi connectivity index (χ4v) is 2.58. The molecule has 2 aromatic rings. The Kier molecular flexibility index (Phi) is 4.76. The number of nitrogens with zero attached hydrogens (tertiary/aromatic N) is 2. The zero-order valence-electron chi connectivity index (χ0n) is 11.6. The highest BCUT2D eigenvalue weighted by Crippen LogP contribution is 2.22. The predicted molar refractivity (Wildman–Crippen MR) is 80.3 cm³/mol. The van der Waals surface area contributed by atoms with Gasteiger partial charge in [0.1, 0.15) is 12.2 Å². The minimum atomic E-state index is -3.47. The maximum Gasteiger partial charge on any atom is 0.240 e. The monoisotopic (exact) mass is 310 g/mol. The first-order valence-corrected chi connectivity index (χ1v) is 7.92. The van der Waals surface area contributed by atoms with E-state index in [9.17, 15) is 8.42 Å². The number of sulfonamides is 1. The second kappa shape index (κ2) is 6.55. The quantitative estimate of drug-likeness (QED) is 0.431. The van der Waals surface area contributed by atoms with Gasteiger partial charge in [0.15, 0.2) is 0 Å². The van der Waals surface area contributed by atoms with Gasteiger partial charge in [-0.1, -0.05) is 0 Å². The Balaban J connectivity index is 1.92. The van der Waals surface area contributed by atoms with Crippen molar-refractivity contribution >= 4 is 21.4 Å². The van der Waals surface area contributed by atoms with Gasteiger partial charge in [0.05, 0.1) is 16.3 Å². The van der Waals surface area contributed by atoms with Crippen molar-refractivity contribution < 1.29 is 8.42 Å². The van der Waals surface area contributed by atoms with Crippen LogP contribution in [0.1, 0.15) is 12.2 Å². The Bertz CT molecular complexity index is 684. The molecule has 8 nitrogen and oxygen atoms in total. The number of aryl methyl sites for hydroxylation is 1. The summed E-state index contributed by atoms with van der Waals surface area (Å²) in [6.45, 7) is 0.697. The molecule has 2 rings (SSSR count). The van der Waals surface area contributed by atoms with E-state index in [2.05, 4.69) is 25.2 Å². The van der Waals surface area contributed by atoms with Crippen molar-refractivity contribution in [3.8, 4) is 0 Å². The van der Waals surface area contributed by atoms with Gasteiger partial charge >= 0.3 is 0 Å². The molecule has 0 fully saturated rings. The number of aromatic amines is 1. The molecule has 0 atom stereocenters. The number of anilines is 2. The fraction of sp³-hybridized carbons (Fsp3) is 0.333. The summed E-state index contributed by atoms with van der Waals surface area (Å²) in [5.41, 5.74) is 6.97. The van der Waals surface area contributed by atoms with E-state index in [0.29, 0.717) is 17.9 Å². The zero-order chi connectivity index (χ0) is 15.3. The van der Waals surface area contributed by atoms with Crippen LogP contribution in [0.3, 0.4) is 0 Å². The lowest BCUT2D eigenvalue weighted by molar-refractivity contribution is 0.588. The standard InChI is InChI=1S/C12H18N6O2S/c1-14-21(19,20)9-4-5-11(10(13)7-9)15-6-2-3-12-16-8-17-18-12/h4-5,7-8,14-15H,2-3,6,13H2,1H3,(H,16,17,18). The van der Waals surface area contributed by atoms with E-state index in [0.717, 1.165) is 18.7 Å². The molecule has 0 aliphatic heterocycles. The summed E-state index contributed by atoms with van der Waals surface area (Å²) < 4.78 is 25.6. The third kappa shape index (κ3) is 3.92. The maximum atomic E-state index is 11.7. The lowest BCUT2D eigenvalue weighted by atomic mass is 10.2. The van der Waals surface area contributed by atoms with E-state index < -0.39 is 10.0 Å². The molecule has 0 amide bonds. The van der Waals surface area contributed by atoms with E-state index >= 15 is 0 Å². The van der Waals surface area contributed by atoms with E-state index in [1.165, 1.54) is 25.5 Å². The molecule has 0 unspecified atom stereocenters. The third-order valence-corrected chi connectivity index (χ3v) is 4.38. The highest BCUT2D eigenvalue weighted by atomic mass is 32.2. The van der Waals surface area contributed by atoms with Gasteiger partial charge in [-0.25, -0.2) is 18.1 Å². The first-order chi connectivity index (χ1) is 10.0. The van der Waals surface area contributed by atoms with Crippen molar-refractivity contribution in [3.63, 3.8) is 0 Å². The number of hydrogen-bond acceptors (Lipinski definition) is 6. The number of hydrogen-bond donors (Lipinski definition) is 4. The molecule has 0 aliphatic rings. The summed E-state index contributed by atoms with van der Waals surface area (Å²) in [7, 11) is -2.11. The van der Waals surface area contributed by atoms with Gasteiger partial charge in [-0.15, -0.1) is 0 Å². The highest BCUT2D eigenvalue weighted by molar-refractivity contribution is 7.89. The molecule has 5 N–H and O–H groups in total. The van der Waals surface area contributed by atoms with Gasteiger partial charge in [-0.2, -0.15) is 5.10 Å². The SMILES string of the molecule is CNS(=O)(=O)c1ccc(NCCCc2ncn[nH]2)c(N)c1. The molecular weight excluding hydrogens is 292 g/mol. The molecule has 1 aromatic carbocycles. The Hall–Kier alpha value is -2.13. The number of nitrogens with one attached hydrogen (secondary N) is 3. The fourth-order valence-electron chi connectivity index (χ4n) is 1.82. The lowest BCUT2D eigenvalue weighted by Crippen LogP contribution is -2.18. The topological polar surface area (TPSA) is 126 Å². The van der Waals surface area contributed by atoms with Crippen molar-refractivity contribution in [1.82, 2.24) is 19.9 Å². The number of H-pyrrole nitrogens is 1. The smallest absolute Gasteiger partial charge is 0.240 e. The van der Waals surface area contributed by atoms with Crippen LogP contribution in [0.5, 0.6) is 0 Å². The maximum absolute atomic E-state index is 11.7. The van der Waals surface area contributed by atoms with Crippen LogP contribution in [0.15, 0.2) is 29.4 Å². The largest absolute Gasteiger partial charge is 0.397 e. The first-order valence-electron chi connectivity index (χ1n) is 6.44. The van der Waals surface area contributed by atoms with Crippen LogP contribution in [-0.2, 0) is 16.4 Å². The number of nitrogen functional groups attached to an aromatic ring is 1. The van der Waals surface area contributed by atoms with Gasteiger partial charge in [0.25, 0.3) is 0 Å². The summed E-state index contributed by atoms with van der Waals surface area (Å²) in [6.07, 6.45) is 3.10. The molecule has 114 valence electrons. The number of benzene rings is 1. The Labute approximate surface area is 123 Å². The summed E-state index contributed by atoms with van der Waals surface area (Å²) in [4.78, 5) is 4.18. The van der Waals surface area contributed by atoms with Gasteiger partial charge in [-0.3, -0.25) is 5.10 Å². The summed E-state index contributed by atoms with van der Waals surface area (Å²) >= 11 is 0. The molecule has 1 heterocycles. The zero-order valence-corrected chi connectivity index (χ0v) is 12.4. The first kappa shape index (κ1) is 15.3. The van der Waals surface area contributed by atoms with Crippen LogP contribution in [0.4, 0.5) is 11.4 Å². The van der Waals surface area contributed by atoms with Crippen molar-refractivity contribution in [2.75, 3.05) is 24.6 Å². The van der Waals surface area contributed by atoms with Crippen molar-refractivity contribution in [1.29, 1.82) is 0 Å². The van der Waals surface area contributed by atoms with Crippen LogP contribution in [-0.4, -0.2) is 37.2 Å². The highest BCUT2D eigenvalue weighted by Gasteiger charge is 2.12. The van der Waals surface area contributed by atoms with E-state index in [1.54, 1.807) is 6.07 Å². The van der Waals surface area contributed by atoms with Crippen LogP contribution in [0.25, 0.3) is 0 Å². The number of aromatic nitrogens is 3. The molecular formula is C12H18N6O2S. The van der Waals surface area contributed by atoms with Crippen molar-refractivity contribution in [3.05, 3.63) is 30.4 Å². The van der Waals surface area contributed by atoms with Gasteiger partial charge in [-0.05, 0) is 31.7 Å². The van der Waals surface area contributed by atoms with Crippen LogP contribution in [0.2, 0.25) is 0 Å².